The van der Waals surface area contributed by atoms with Gasteiger partial charge in [-0.25, -0.2) is 4.98 Å². The number of carbonyl (C=O) groups excluding carboxylic acids is 5. The van der Waals surface area contributed by atoms with E-state index in [-0.39, 0.29) is 55.9 Å². The number of hydrogen-bond donors (Lipinski definition) is 6. The number of imidazole rings is 1. The number of hydrogen-bond acceptors (Lipinski definition) is 10. The number of nitrogens with zero attached hydrogens (tertiary/aromatic N) is 1. The zero-order valence-electron chi connectivity index (χ0n) is 21.3. The van der Waals surface area contributed by atoms with E-state index in [0.29, 0.717) is 31.7 Å². The number of carbonyl (C=O) groups is 5. The molecule has 1 aromatic heterocycles. The molecule has 0 saturated carbocycles. The van der Waals surface area contributed by atoms with Crippen LogP contribution >= 0.6 is 11.8 Å². The Hall–Kier alpha value is -2.97. The number of thioether (sulfide) groups is 1. The Bertz CT molecular complexity index is 879. The zero-order valence-corrected chi connectivity index (χ0v) is 22.2. The van der Waals surface area contributed by atoms with Gasteiger partial charge in [0.1, 0.15) is 6.10 Å². The van der Waals surface area contributed by atoms with Crippen LogP contribution in [-0.2, 0) is 35.1 Å². The number of rotatable bonds is 18. The lowest BCUT2D eigenvalue weighted by Crippen LogP contribution is -2.47. The van der Waals surface area contributed by atoms with Gasteiger partial charge in [0.05, 0.1) is 19.4 Å². The number of aromatic nitrogens is 2. The molecule has 0 aliphatic carbocycles. The second-order valence-corrected chi connectivity index (χ2v) is 10.1. The summed E-state index contributed by atoms with van der Waals surface area (Å²) in [5.41, 5.74) is 5.20. The summed E-state index contributed by atoms with van der Waals surface area (Å²) in [5, 5.41) is 17.7. The Morgan fingerprint density at radius 2 is 1.84 bits per heavy atom. The number of amides is 3. The summed E-state index contributed by atoms with van der Waals surface area (Å²) in [6.07, 6.45) is 2.73. The molecule has 0 aliphatic heterocycles. The van der Waals surface area contributed by atoms with Gasteiger partial charge in [-0.3, -0.25) is 24.0 Å². The van der Waals surface area contributed by atoms with E-state index >= 15 is 0 Å². The number of ether oxygens (including phenoxy) is 1. The number of aliphatic hydroxyl groups is 1. The molecular formula is C23H38N6O7S. The van der Waals surface area contributed by atoms with Crippen molar-refractivity contribution >= 4 is 40.6 Å². The first-order chi connectivity index (χ1) is 17.5. The van der Waals surface area contributed by atoms with Crippen LogP contribution in [0.2, 0.25) is 0 Å². The minimum Gasteiger partial charge on any atom is -0.465 e. The summed E-state index contributed by atoms with van der Waals surface area (Å²) in [5.74, 6) is -1.54. The van der Waals surface area contributed by atoms with Crippen molar-refractivity contribution in [2.45, 2.75) is 52.1 Å². The highest BCUT2D eigenvalue weighted by molar-refractivity contribution is 8.13. The maximum absolute atomic E-state index is 12.2. The Kier molecular flexibility index (Phi) is 15.1. The molecule has 0 saturated heterocycles. The number of esters is 1. The van der Waals surface area contributed by atoms with E-state index in [1.54, 1.807) is 26.4 Å². The van der Waals surface area contributed by atoms with Gasteiger partial charge in [0.2, 0.25) is 17.7 Å². The highest BCUT2D eigenvalue weighted by Gasteiger charge is 2.34. The van der Waals surface area contributed by atoms with E-state index in [1.807, 2.05) is 0 Å². The Morgan fingerprint density at radius 1 is 1.11 bits per heavy atom. The van der Waals surface area contributed by atoms with E-state index in [1.165, 1.54) is 0 Å². The number of nitrogens with two attached hydrogens (primary N) is 1. The van der Waals surface area contributed by atoms with Gasteiger partial charge in [-0.2, -0.15) is 0 Å². The van der Waals surface area contributed by atoms with E-state index in [9.17, 15) is 29.1 Å². The summed E-state index contributed by atoms with van der Waals surface area (Å²) >= 11 is 0.949. The van der Waals surface area contributed by atoms with Crippen molar-refractivity contribution < 1.29 is 33.8 Å². The number of aromatic amines is 1. The lowest BCUT2D eigenvalue weighted by molar-refractivity contribution is -0.153. The Morgan fingerprint density at radius 3 is 2.51 bits per heavy atom. The van der Waals surface area contributed by atoms with Crippen LogP contribution in [0, 0.1) is 5.41 Å². The first-order valence-corrected chi connectivity index (χ1v) is 13.0. The molecule has 0 spiro atoms. The summed E-state index contributed by atoms with van der Waals surface area (Å²) in [7, 11) is 0. The average molecular weight is 543 g/mol. The van der Waals surface area contributed by atoms with Gasteiger partial charge in [0, 0.05) is 62.0 Å². The topological polar surface area (TPSA) is 206 Å². The van der Waals surface area contributed by atoms with Crippen molar-refractivity contribution in [3.05, 3.63) is 18.2 Å². The average Bonchev–Trinajstić information content (AvgIpc) is 3.37. The monoisotopic (exact) mass is 542 g/mol. The number of aliphatic hydroxyl groups excluding tert-OH is 1. The number of nitrogens with one attached hydrogen (secondary N) is 4. The summed E-state index contributed by atoms with van der Waals surface area (Å²) in [6.45, 7) is 4.00. The SMILES string of the molecule is CC(C)(COC(=O)CCCN)[C@@H](O)C(=O)NCCC(=O)NCCSC(=O)CC(=O)NCCc1cnc[nH]1. The van der Waals surface area contributed by atoms with Crippen LogP contribution in [0.5, 0.6) is 0 Å². The molecule has 0 unspecified atom stereocenters. The van der Waals surface area contributed by atoms with Crippen molar-refractivity contribution in [2.75, 3.05) is 38.5 Å². The van der Waals surface area contributed by atoms with E-state index in [2.05, 4.69) is 25.9 Å². The van der Waals surface area contributed by atoms with Gasteiger partial charge in [0.15, 0.2) is 5.12 Å². The maximum atomic E-state index is 12.2. The van der Waals surface area contributed by atoms with E-state index in [4.69, 9.17) is 10.5 Å². The second-order valence-electron chi connectivity index (χ2n) is 8.91. The largest absolute Gasteiger partial charge is 0.465 e. The quantitative estimate of drug-likeness (QED) is 0.0758. The molecule has 0 fully saturated rings. The molecule has 208 valence electrons. The van der Waals surface area contributed by atoms with Gasteiger partial charge in [-0.1, -0.05) is 25.6 Å². The summed E-state index contributed by atoms with van der Waals surface area (Å²) in [6, 6.07) is 0. The third-order valence-electron chi connectivity index (χ3n) is 5.09. The van der Waals surface area contributed by atoms with Crippen molar-refractivity contribution in [1.82, 2.24) is 25.9 Å². The normalized spacial score (nSPS) is 11.9. The molecule has 0 bridgehead atoms. The minimum atomic E-state index is -1.44. The standard InChI is InChI=1S/C23H38N6O7S/c1-23(2,14-36-19(32)4-3-7-24)21(34)22(35)28-9-6-17(30)27-10-11-37-20(33)12-18(31)26-8-5-16-13-25-15-29-16/h13,15,21,34H,3-12,14,24H2,1-2H3,(H,25,29)(H,26,31)(H,27,30)(H,28,35)/t21-/m0/s1. The first-order valence-electron chi connectivity index (χ1n) is 12.0. The molecule has 13 nitrogen and oxygen atoms in total. The van der Waals surface area contributed by atoms with E-state index in [0.717, 1.165) is 17.5 Å². The fourth-order valence-corrected chi connectivity index (χ4v) is 3.53. The highest BCUT2D eigenvalue weighted by atomic mass is 32.2. The maximum Gasteiger partial charge on any atom is 0.305 e. The Balaban J connectivity index is 2.14. The third kappa shape index (κ3) is 14.4. The van der Waals surface area contributed by atoms with Crippen LogP contribution < -0.4 is 21.7 Å². The fourth-order valence-electron chi connectivity index (χ4n) is 2.86. The predicted molar refractivity (Wildman–Crippen MR) is 137 cm³/mol. The van der Waals surface area contributed by atoms with Gasteiger partial charge < -0.3 is 36.5 Å². The predicted octanol–water partition coefficient (Wildman–Crippen LogP) is -0.990. The van der Waals surface area contributed by atoms with Crippen molar-refractivity contribution in [3.63, 3.8) is 0 Å². The summed E-state index contributed by atoms with van der Waals surface area (Å²) < 4.78 is 5.10. The Labute approximate surface area is 220 Å². The first kappa shape index (κ1) is 32.1. The lowest BCUT2D eigenvalue weighted by atomic mass is 9.87. The molecule has 37 heavy (non-hydrogen) atoms. The molecule has 1 heterocycles. The molecule has 0 aromatic carbocycles. The molecule has 3 amide bonds. The van der Waals surface area contributed by atoms with Crippen LogP contribution in [-0.4, -0.2) is 88.5 Å². The van der Waals surface area contributed by atoms with Crippen LogP contribution in [0.25, 0.3) is 0 Å². The smallest absolute Gasteiger partial charge is 0.305 e. The van der Waals surface area contributed by atoms with Crippen molar-refractivity contribution in [3.8, 4) is 0 Å². The molecule has 1 atom stereocenters. The van der Waals surface area contributed by atoms with Gasteiger partial charge in [-0.05, 0) is 13.0 Å². The highest BCUT2D eigenvalue weighted by Crippen LogP contribution is 2.21. The van der Waals surface area contributed by atoms with Crippen molar-refractivity contribution in [2.24, 2.45) is 11.1 Å². The second kappa shape index (κ2) is 17.5. The van der Waals surface area contributed by atoms with Crippen LogP contribution in [0.3, 0.4) is 0 Å². The zero-order chi connectivity index (χ0) is 27.7. The lowest BCUT2D eigenvalue weighted by Gasteiger charge is -2.29. The summed E-state index contributed by atoms with van der Waals surface area (Å²) in [4.78, 5) is 66.2. The number of H-pyrrole nitrogens is 1. The molecule has 1 rings (SSSR count). The van der Waals surface area contributed by atoms with Gasteiger partial charge >= 0.3 is 5.97 Å². The molecule has 1 aromatic rings. The third-order valence-corrected chi connectivity index (χ3v) is 5.97. The van der Waals surface area contributed by atoms with Crippen LogP contribution in [0.4, 0.5) is 0 Å². The fraction of sp³-hybridized carbons (Fsp3) is 0.652. The molecule has 0 aliphatic rings. The van der Waals surface area contributed by atoms with Gasteiger partial charge in [-0.15, -0.1) is 0 Å². The molecular weight excluding hydrogens is 504 g/mol. The molecule has 7 N–H and O–H groups in total. The minimum absolute atomic E-state index is 0.00110. The molecule has 0 radical (unpaired) electrons. The van der Waals surface area contributed by atoms with Crippen LogP contribution in [0.1, 0.15) is 45.2 Å². The van der Waals surface area contributed by atoms with Crippen molar-refractivity contribution in [1.29, 1.82) is 0 Å². The van der Waals surface area contributed by atoms with Gasteiger partial charge in [0.25, 0.3) is 0 Å². The molecule has 14 heteroatoms. The van der Waals surface area contributed by atoms with Crippen LogP contribution in [0.15, 0.2) is 12.5 Å². The van der Waals surface area contributed by atoms with E-state index < -0.39 is 23.4 Å².